The highest BCUT2D eigenvalue weighted by Gasteiger charge is 2.42. The van der Waals surface area contributed by atoms with Gasteiger partial charge in [-0.15, -0.1) is 0 Å². The molecule has 0 saturated carbocycles. The van der Waals surface area contributed by atoms with Crippen molar-refractivity contribution in [2.75, 3.05) is 0 Å². The van der Waals surface area contributed by atoms with Gasteiger partial charge in [0, 0.05) is 38.3 Å². The lowest BCUT2D eigenvalue weighted by Gasteiger charge is -2.33. The van der Waals surface area contributed by atoms with Crippen LogP contribution in [0.4, 0.5) is 0 Å². The first-order valence-electron chi connectivity index (χ1n) is 29.4. The van der Waals surface area contributed by atoms with Crippen molar-refractivity contribution in [1.29, 1.82) is 0 Å². The summed E-state index contributed by atoms with van der Waals surface area (Å²) in [6.45, 7) is 11.5. The topological polar surface area (TPSA) is 9.86 Å². The van der Waals surface area contributed by atoms with E-state index >= 15 is 0 Å². The first-order chi connectivity index (χ1) is 36.9. The summed E-state index contributed by atoms with van der Waals surface area (Å²) in [5, 5.41) is 5.19. The molecule has 75 heavy (non-hydrogen) atoms. The van der Waals surface area contributed by atoms with Crippen molar-refractivity contribution in [1.82, 2.24) is 9.13 Å². The van der Waals surface area contributed by atoms with Gasteiger partial charge in [0.2, 0.25) is 0 Å². The van der Waals surface area contributed by atoms with Crippen LogP contribution in [0.15, 0.2) is 164 Å². The van der Waals surface area contributed by atoms with Crippen LogP contribution in [0.25, 0.3) is 88.4 Å². The maximum atomic E-state index is 2.63. The van der Waals surface area contributed by atoms with Gasteiger partial charge >= 0.3 is 0 Å². The fourth-order valence-corrected chi connectivity index (χ4v) is 13.3. The van der Waals surface area contributed by atoms with Gasteiger partial charge in [-0.1, -0.05) is 219 Å². The Labute approximate surface area is 448 Å². The van der Waals surface area contributed by atoms with Gasteiger partial charge in [-0.3, -0.25) is 0 Å². The van der Waals surface area contributed by atoms with Gasteiger partial charge in [-0.2, -0.15) is 0 Å². The summed E-state index contributed by atoms with van der Waals surface area (Å²) in [5.74, 6) is 0. The zero-order valence-electron chi connectivity index (χ0n) is 45.9. The molecule has 8 aromatic carbocycles. The molecule has 2 aromatic heterocycles. The summed E-state index contributed by atoms with van der Waals surface area (Å²) in [6, 6.07) is 63.7. The standard InChI is InChI=1S/C73H80N2/c1-6-9-12-15-17-22-45-73(46-23-18-16-13-10-7-2)67-48-53(5)27-40-61(67)62-41-33-58(51-68(62)73)57-35-44-72-66(50-57)64-47-52(4)28-42-70(64)75(72)60-38-31-55(32-39-60)56-34-43-71-65(49-56)63-25-20-21-26-69(63)74(71)59-36-29-54(30-37-59)24-19-14-11-8-3/h20-21,25-44,47-51H,6-19,22-24,45-46H2,1-5H3. The number of rotatable bonds is 23. The molecule has 382 valence electrons. The Hall–Kier alpha value is -6.64. The molecule has 0 atom stereocenters. The molecule has 0 saturated heterocycles. The SMILES string of the molecule is CCCCCCCCC1(CCCCCCCC)c2cc(C)ccc2-c2ccc(-c3ccc4c(c3)c3cc(C)ccc3n4-c3ccc(-c4ccc5c(c4)c4ccccc4n5-c4ccc(CCCCCC)cc4)cc3)cc21. The molecule has 0 bridgehead atoms. The van der Waals surface area contributed by atoms with Crippen LogP contribution in [-0.2, 0) is 11.8 Å². The third-order valence-corrected chi connectivity index (χ3v) is 17.3. The predicted octanol–water partition coefficient (Wildman–Crippen LogP) is 21.7. The molecule has 2 nitrogen and oxygen atoms in total. The van der Waals surface area contributed by atoms with Crippen molar-refractivity contribution in [3.05, 3.63) is 192 Å². The van der Waals surface area contributed by atoms with Crippen molar-refractivity contribution in [2.45, 2.75) is 162 Å². The van der Waals surface area contributed by atoms with Crippen molar-refractivity contribution in [3.8, 4) is 44.8 Å². The number of hydrogen-bond donors (Lipinski definition) is 0. The Bertz CT molecular complexity index is 3560. The van der Waals surface area contributed by atoms with E-state index in [-0.39, 0.29) is 5.41 Å². The van der Waals surface area contributed by atoms with E-state index in [1.807, 2.05) is 0 Å². The lowest BCUT2D eigenvalue weighted by Crippen LogP contribution is -2.25. The van der Waals surface area contributed by atoms with Crippen LogP contribution in [0.3, 0.4) is 0 Å². The van der Waals surface area contributed by atoms with Crippen LogP contribution in [-0.4, -0.2) is 9.13 Å². The number of aromatic nitrogens is 2. The predicted molar refractivity (Wildman–Crippen MR) is 326 cm³/mol. The Kier molecular flexibility index (Phi) is 15.3. The second-order valence-electron chi connectivity index (χ2n) is 22.6. The minimum atomic E-state index is 0.0517. The molecule has 10 aromatic rings. The van der Waals surface area contributed by atoms with Crippen molar-refractivity contribution in [2.24, 2.45) is 0 Å². The number of nitrogens with zero attached hydrogens (tertiary/aromatic N) is 2. The van der Waals surface area contributed by atoms with Gasteiger partial charge in [0.1, 0.15) is 0 Å². The average Bonchev–Trinajstić information content (AvgIpc) is 4.05. The van der Waals surface area contributed by atoms with E-state index in [1.54, 1.807) is 11.1 Å². The zero-order valence-corrected chi connectivity index (χ0v) is 45.9. The zero-order chi connectivity index (χ0) is 51.3. The van der Waals surface area contributed by atoms with Gasteiger partial charge in [-0.05, 0) is 162 Å². The summed E-state index contributed by atoms with van der Waals surface area (Å²) in [5.41, 5.74) is 22.7. The summed E-state index contributed by atoms with van der Waals surface area (Å²) in [4.78, 5) is 0. The molecule has 2 heteroatoms. The fourth-order valence-electron chi connectivity index (χ4n) is 13.3. The first-order valence-corrected chi connectivity index (χ1v) is 29.4. The lowest BCUT2D eigenvalue weighted by molar-refractivity contribution is 0.398. The number of fused-ring (bicyclic) bond motifs is 9. The van der Waals surface area contributed by atoms with Crippen molar-refractivity contribution < 1.29 is 0 Å². The Morgan fingerprint density at radius 1 is 0.333 bits per heavy atom. The molecule has 1 aliphatic rings. The number of aryl methyl sites for hydroxylation is 3. The molecule has 0 spiro atoms. The van der Waals surface area contributed by atoms with Crippen LogP contribution < -0.4 is 0 Å². The monoisotopic (exact) mass is 985 g/mol. The van der Waals surface area contributed by atoms with Gasteiger partial charge in [0.05, 0.1) is 22.1 Å². The number of unbranched alkanes of at least 4 members (excludes halogenated alkanes) is 13. The fraction of sp³-hybridized carbons (Fsp3) is 0.342. The second-order valence-corrected chi connectivity index (χ2v) is 22.6. The molecule has 0 radical (unpaired) electrons. The van der Waals surface area contributed by atoms with Crippen LogP contribution in [0.2, 0.25) is 0 Å². The first kappa shape index (κ1) is 50.5. The average molecular weight is 985 g/mol. The normalized spacial score (nSPS) is 12.9. The molecule has 11 rings (SSSR count). The molecule has 1 aliphatic carbocycles. The molecule has 0 fully saturated rings. The summed E-state index contributed by atoms with van der Waals surface area (Å²) >= 11 is 0. The van der Waals surface area contributed by atoms with Gasteiger partial charge < -0.3 is 9.13 Å². The molecule has 0 unspecified atom stereocenters. The third kappa shape index (κ3) is 10.0. The highest BCUT2D eigenvalue weighted by atomic mass is 15.0. The van der Waals surface area contributed by atoms with E-state index in [4.69, 9.17) is 0 Å². The number of para-hydroxylation sites is 1. The highest BCUT2D eigenvalue weighted by molar-refractivity contribution is 6.12. The lowest BCUT2D eigenvalue weighted by atomic mass is 9.70. The molecular formula is C73H80N2. The number of hydrogen-bond acceptors (Lipinski definition) is 0. The van der Waals surface area contributed by atoms with Crippen LogP contribution in [0, 0.1) is 13.8 Å². The summed E-state index contributed by atoms with van der Waals surface area (Å²) in [7, 11) is 0. The Morgan fingerprint density at radius 3 is 1.40 bits per heavy atom. The maximum Gasteiger partial charge on any atom is 0.0541 e. The van der Waals surface area contributed by atoms with E-state index in [9.17, 15) is 0 Å². The summed E-state index contributed by atoms with van der Waals surface area (Å²) < 4.78 is 4.93. The summed E-state index contributed by atoms with van der Waals surface area (Å²) in [6.07, 6.45) is 24.8. The Morgan fingerprint density at radius 2 is 0.760 bits per heavy atom. The maximum absolute atomic E-state index is 2.63. The van der Waals surface area contributed by atoms with Crippen LogP contribution in [0.1, 0.15) is 164 Å². The number of benzene rings is 8. The quantitative estimate of drug-likeness (QED) is 0.0565. The van der Waals surface area contributed by atoms with Gasteiger partial charge in [0.25, 0.3) is 0 Å². The Balaban J connectivity index is 0.923. The van der Waals surface area contributed by atoms with E-state index in [0.717, 1.165) is 6.42 Å². The van der Waals surface area contributed by atoms with Crippen LogP contribution >= 0.6 is 0 Å². The minimum Gasteiger partial charge on any atom is -0.309 e. The van der Waals surface area contributed by atoms with Crippen molar-refractivity contribution >= 4 is 43.6 Å². The molecule has 0 aliphatic heterocycles. The van der Waals surface area contributed by atoms with Gasteiger partial charge in [0.15, 0.2) is 0 Å². The van der Waals surface area contributed by atoms with Gasteiger partial charge in [-0.25, -0.2) is 0 Å². The smallest absolute Gasteiger partial charge is 0.0541 e. The minimum absolute atomic E-state index is 0.0517. The molecular weight excluding hydrogens is 905 g/mol. The van der Waals surface area contributed by atoms with E-state index in [1.165, 1.54) is 221 Å². The molecule has 2 heterocycles. The largest absolute Gasteiger partial charge is 0.309 e. The molecule has 0 N–H and O–H groups in total. The van der Waals surface area contributed by atoms with E-state index < -0.39 is 0 Å². The third-order valence-electron chi connectivity index (χ3n) is 17.3. The van der Waals surface area contributed by atoms with E-state index in [2.05, 4.69) is 208 Å². The van der Waals surface area contributed by atoms with Crippen LogP contribution in [0.5, 0.6) is 0 Å². The second kappa shape index (κ2) is 22.7. The van der Waals surface area contributed by atoms with Crippen molar-refractivity contribution in [3.63, 3.8) is 0 Å². The molecule has 0 amide bonds. The highest BCUT2D eigenvalue weighted by Crippen LogP contribution is 2.55. The van der Waals surface area contributed by atoms with E-state index in [0.29, 0.717) is 0 Å².